The second kappa shape index (κ2) is 7.66. The lowest BCUT2D eigenvalue weighted by Crippen LogP contribution is -1.92. The lowest BCUT2D eigenvalue weighted by Gasteiger charge is -2.05. The molecular weight excluding hydrogens is 380 g/mol. The number of benzene rings is 2. The van der Waals surface area contributed by atoms with E-state index in [4.69, 9.17) is 23.2 Å². The zero-order valence-electron chi connectivity index (χ0n) is 12.6. The molecule has 0 atom stereocenters. The molecular formula is C18H10Cl2FN3S. The van der Waals surface area contributed by atoms with Crippen molar-refractivity contribution < 1.29 is 4.39 Å². The third kappa shape index (κ3) is 3.99. The van der Waals surface area contributed by atoms with Crippen molar-refractivity contribution in [3.05, 3.63) is 74.9 Å². The topological polar surface area (TPSA) is 48.7 Å². The Morgan fingerprint density at radius 2 is 1.96 bits per heavy atom. The zero-order chi connectivity index (χ0) is 17.8. The van der Waals surface area contributed by atoms with Gasteiger partial charge in [-0.2, -0.15) is 5.26 Å². The standard InChI is InChI=1S/C18H10Cl2FN3S/c19-14-2-1-3-15(17(14)20)23-9-12(8-22)18-24-16(10-25-18)11-4-6-13(21)7-5-11/h1-7,9-10,23H/b12-9+. The van der Waals surface area contributed by atoms with Crippen molar-refractivity contribution in [2.75, 3.05) is 5.32 Å². The second-order valence-corrected chi connectivity index (χ2v) is 6.60. The Labute approximate surface area is 158 Å². The van der Waals surface area contributed by atoms with E-state index in [1.54, 1.807) is 30.3 Å². The van der Waals surface area contributed by atoms with Crippen molar-refractivity contribution >= 4 is 45.8 Å². The van der Waals surface area contributed by atoms with Gasteiger partial charge in [-0.05, 0) is 36.4 Å². The largest absolute Gasteiger partial charge is 0.359 e. The van der Waals surface area contributed by atoms with Gasteiger partial charge in [0.15, 0.2) is 0 Å². The molecule has 3 aromatic rings. The molecule has 0 saturated carbocycles. The molecule has 3 rings (SSSR count). The van der Waals surface area contributed by atoms with E-state index in [2.05, 4.69) is 16.4 Å². The minimum Gasteiger partial charge on any atom is -0.359 e. The summed E-state index contributed by atoms with van der Waals surface area (Å²) in [4.78, 5) is 4.44. The van der Waals surface area contributed by atoms with Gasteiger partial charge in [-0.3, -0.25) is 0 Å². The molecule has 0 aliphatic carbocycles. The maximum Gasteiger partial charge on any atom is 0.136 e. The molecule has 0 saturated heterocycles. The van der Waals surface area contributed by atoms with Crippen LogP contribution < -0.4 is 5.32 Å². The summed E-state index contributed by atoms with van der Waals surface area (Å²) < 4.78 is 13.0. The van der Waals surface area contributed by atoms with Crippen molar-refractivity contribution in [2.24, 2.45) is 0 Å². The molecule has 3 nitrogen and oxygen atoms in total. The van der Waals surface area contributed by atoms with E-state index in [1.165, 1.54) is 29.7 Å². The summed E-state index contributed by atoms with van der Waals surface area (Å²) in [6.45, 7) is 0. The molecule has 1 heterocycles. The monoisotopic (exact) mass is 389 g/mol. The first-order valence-corrected chi connectivity index (χ1v) is 8.74. The summed E-state index contributed by atoms with van der Waals surface area (Å²) in [6.07, 6.45) is 1.53. The predicted molar refractivity (Wildman–Crippen MR) is 101 cm³/mol. The fourth-order valence-electron chi connectivity index (χ4n) is 2.06. The molecule has 0 aliphatic heterocycles. The van der Waals surface area contributed by atoms with Gasteiger partial charge in [0.25, 0.3) is 0 Å². The van der Waals surface area contributed by atoms with Crippen molar-refractivity contribution in [3.63, 3.8) is 0 Å². The van der Waals surface area contributed by atoms with E-state index in [9.17, 15) is 9.65 Å². The number of aromatic nitrogens is 1. The average Bonchev–Trinajstić information content (AvgIpc) is 3.09. The third-order valence-electron chi connectivity index (χ3n) is 3.32. The molecule has 0 unspecified atom stereocenters. The van der Waals surface area contributed by atoms with Crippen LogP contribution in [0.2, 0.25) is 10.0 Å². The molecule has 2 aromatic carbocycles. The normalized spacial score (nSPS) is 11.2. The molecule has 0 fully saturated rings. The Bertz CT molecular complexity index is 975. The van der Waals surface area contributed by atoms with Crippen LogP contribution in [0, 0.1) is 17.1 Å². The number of nitrogens with zero attached hydrogens (tertiary/aromatic N) is 2. The van der Waals surface area contributed by atoms with Gasteiger partial charge in [0, 0.05) is 17.1 Å². The van der Waals surface area contributed by atoms with Gasteiger partial charge in [0.05, 0.1) is 21.4 Å². The van der Waals surface area contributed by atoms with Gasteiger partial charge in [-0.15, -0.1) is 11.3 Å². The van der Waals surface area contributed by atoms with E-state index in [0.29, 0.717) is 32.0 Å². The molecule has 0 radical (unpaired) electrons. The number of nitrogens with one attached hydrogen (secondary N) is 1. The molecule has 0 aliphatic rings. The molecule has 0 spiro atoms. The SMILES string of the molecule is N#C/C(=C\Nc1cccc(Cl)c1Cl)c1nc(-c2ccc(F)cc2)cs1. The quantitative estimate of drug-likeness (QED) is 0.537. The molecule has 1 aromatic heterocycles. The summed E-state index contributed by atoms with van der Waals surface area (Å²) in [5.74, 6) is -0.306. The van der Waals surface area contributed by atoms with Crippen LogP contribution in [0.5, 0.6) is 0 Å². The summed E-state index contributed by atoms with van der Waals surface area (Å²) in [5, 5.41) is 15.5. The summed E-state index contributed by atoms with van der Waals surface area (Å²) in [6, 6.07) is 13.3. The number of allylic oxidation sites excluding steroid dienone is 1. The van der Waals surface area contributed by atoms with Gasteiger partial charge in [0.2, 0.25) is 0 Å². The summed E-state index contributed by atoms with van der Waals surface area (Å²) in [5.41, 5.74) is 2.42. The van der Waals surface area contributed by atoms with Crippen molar-refractivity contribution in [1.82, 2.24) is 4.98 Å². The highest BCUT2D eigenvalue weighted by atomic mass is 35.5. The van der Waals surface area contributed by atoms with Crippen LogP contribution in [-0.4, -0.2) is 4.98 Å². The fraction of sp³-hybridized carbons (Fsp3) is 0. The van der Waals surface area contributed by atoms with E-state index in [1.807, 2.05) is 5.38 Å². The Morgan fingerprint density at radius 1 is 1.20 bits per heavy atom. The predicted octanol–water partition coefficient (Wildman–Crippen LogP) is 6.23. The summed E-state index contributed by atoms with van der Waals surface area (Å²) >= 11 is 13.4. The Balaban J connectivity index is 1.85. The maximum atomic E-state index is 13.0. The van der Waals surface area contributed by atoms with Gasteiger partial charge in [0.1, 0.15) is 22.5 Å². The van der Waals surface area contributed by atoms with E-state index in [0.717, 1.165) is 5.56 Å². The molecule has 1 N–H and O–H groups in total. The van der Waals surface area contributed by atoms with Crippen LogP contribution in [0.15, 0.2) is 54.0 Å². The van der Waals surface area contributed by atoms with Crippen LogP contribution in [-0.2, 0) is 0 Å². The Hall–Kier alpha value is -2.39. The highest BCUT2D eigenvalue weighted by molar-refractivity contribution is 7.11. The molecule has 0 bridgehead atoms. The first-order valence-electron chi connectivity index (χ1n) is 7.11. The maximum absolute atomic E-state index is 13.0. The Kier molecular flexibility index (Phi) is 5.34. The molecule has 25 heavy (non-hydrogen) atoms. The van der Waals surface area contributed by atoms with Crippen molar-refractivity contribution in [2.45, 2.75) is 0 Å². The lowest BCUT2D eigenvalue weighted by atomic mass is 10.2. The van der Waals surface area contributed by atoms with E-state index >= 15 is 0 Å². The second-order valence-electron chi connectivity index (χ2n) is 4.96. The molecule has 0 amide bonds. The van der Waals surface area contributed by atoms with Crippen molar-refractivity contribution in [1.29, 1.82) is 5.26 Å². The summed E-state index contributed by atoms with van der Waals surface area (Å²) in [7, 11) is 0. The smallest absolute Gasteiger partial charge is 0.136 e. The first-order chi connectivity index (χ1) is 12.1. The van der Waals surface area contributed by atoms with Crippen LogP contribution >= 0.6 is 34.5 Å². The minimum absolute atomic E-state index is 0.306. The Morgan fingerprint density at radius 3 is 2.68 bits per heavy atom. The van der Waals surface area contributed by atoms with Crippen molar-refractivity contribution in [3.8, 4) is 17.3 Å². The number of nitriles is 1. The number of thiazole rings is 1. The van der Waals surface area contributed by atoms with Crippen LogP contribution in [0.4, 0.5) is 10.1 Å². The highest BCUT2D eigenvalue weighted by Crippen LogP contribution is 2.30. The van der Waals surface area contributed by atoms with Gasteiger partial charge in [-0.25, -0.2) is 9.37 Å². The molecule has 7 heteroatoms. The zero-order valence-corrected chi connectivity index (χ0v) is 15.0. The van der Waals surface area contributed by atoms with Crippen LogP contribution in [0.1, 0.15) is 5.01 Å². The minimum atomic E-state index is -0.306. The number of hydrogen-bond donors (Lipinski definition) is 1. The highest BCUT2D eigenvalue weighted by Gasteiger charge is 2.10. The number of rotatable bonds is 4. The lowest BCUT2D eigenvalue weighted by molar-refractivity contribution is 0.628. The van der Waals surface area contributed by atoms with E-state index < -0.39 is 0 Å². The number of hydrogen-bond acceptors (Lipinski definition) is 4. The van der Waals surface area contributed by atoms with E-state index in [-0.39, 0.29) is 5.82 Å². The number of halogens is 3. The average molecular weight is 390 g/mol. The van der Waals surface area contributed by atoms with Gasteiger partial charge >= 0.3 is 0 Å². The van der Waals surface area contributed by atoms with Crippen LogP contribution in [0.25, 0.3) is 16.8 Å². The fourth-order valence-corrected chi connectivity index (χ4v) is 3.21. The van der Waals surface area contributed by atoms with Gasteiger partial charge in [-0.1, -0.05) is 29.3 Å². The van der Waals surface area contributed by atoms with Gasteiger partial charge < -0.3 is 5.32 Å². The van der Waals surface area contributed by atoms with Crippen LogP contribution in [0.3, 0.4) is 0 Å². The third-order valence-corrected chi connectivity index (χ3v) is 5.01. The first kappa shape index (κ1) is 17.4. The molecule has 124 valence electrons. The number of anilines is 1.